The molecule has 2 aromatic rings. The van der Waals surface area contributed by atoms with Crippen molar-refractivity contribution in [3.63, 3.8) is 0 Å². The Labute approximate surface area is 100 Å². The number of nitrogens with one attached hydrogen (secondary N) is 2. The predicted molar refractivity (Wildman–Crippen MR) is 67.4 cm³/mol. The molecule has 1 unspecified atom stereocenters. The molecular weight excluding hydrogens is 214 g/mol. The van der Waals surface area contributed by atoms with E-state index in [-0.39, 0.29) is 0 Å². The molecule has 1 aliphatic rings. The lowest BCUT2D eigenvalue weighted by atomic mass is 10.1. The third kappa shape index (κ3) is 2.00. The summed E-state index contributed by atoms with van der Waals surface area (Å²) in [7, 11) is 1.68. The molecule has 0 amide bonds. The quantitative estimate of drug-likeness (QED) is 0.847. The summed E-state index contributed by atoms with van der Waals surface area (Å²) in [6.07, 6.45) is 3.49. The van der Waals surface area contributed by atoms with Gasteiger partial charge in [-0.1, -0.05) is 6.07 Å². The van der Waals surface area contributed by atoms with Crippen LogP contribution in [0.1, 0.15) is 18.7 Å². The summed E-state index contributed by atoms with van der Waals surface area (Å²) in [5.74, 6) is 1.88. The first-order chi connectivity index (χ1) is 8.36. The van der Waals surface area contributed by atoms with Gasteiger partial charge in [0, 0.05) is 12.5 Å². The van der Waals surface area contributed by atoms with E-state index >= 15 is 0 Å². The first-order valence-electron chi connectivity index (χ1n) is 6.12. The van der Waals surface area contributed by atoms with Gasteiger partial charge in [-0.25, -0.2) is 4.98 Å². The number of H-pyrrole nitrogens is 1. The number of ether oxygens (including phenoxy) is 1. The molecule has 0 aliphatic carbocycles. The van der Waals surface area contributed by atoms with E-state index in [2.05, 4.69) is 15.3 Å². The number of benzene rings is 1. The second-order valence-corrected chi connectivity index (χ2v) is 4.54. The van der Waals surface area contributed by atoms with E-state index in [4.69, 9.17) is 4.74 Å². The van der Waals surface area contributed by atoms with Crippen LogP contribution in [0.15, 0.2) is 18.2 Å². The summed E-state index contributed by atoms with van der Waals surface area (Å²) >= 11 is 0. The molecule has 4 nitrogen and oxygen atoms in total. The van der Waals surface area contributed by atoms with Gasteiger partial charge < -0.3 is 15.0 Å². The second kappa shape index (κ2) is 4.37. The summed E-state index contributed by atoms with van der Waals surface area (Å²) in [5.41, 5.74) is 1.99. The Morgan fingerprint density at radius 1 is 1.47 bits per heavy atom. The van der Waals surface area contributed by atoms with Crippen LogP contribution in [0, 0.1) is 0 Å². The monoisotopic (exact) mass is 231 g/mol. The molecule has 0 saturated carbocycles. The molecule has 90 valence electrons. The summed E-state index contributed by atoms with van der Waals surface area (Å²) in [4.78, 5) is 7.99. The molecule has 0 spiro atoms. The van der Waals surface area contributed by atoms with Gasteiger partial charge in [0.1, 0.15) is 17.1 Å². The van der Waals surface area contributed by atoms with Gasteiger partial charge in [-0.2, -0.15) is 0 Å². The first-order valence-corrected chi connectivity index (χ1v) is 6.12. The number of aromatic nitrogens is 2. The topological polar surface area (TPSA) is 49.9 Å². The highest BCUT2D eigenvalue weighted by Crippen LogP contribution is 2.23. The van der Waals surface area contributed by atoms with Crippen molar-refractivity contribution in [2.24, 2.45) is 0 Å². The van der Waals surface area contributed by atoms with E-state index < -0.39 is 0 Å². The number of nitrogens with zero attached hydrogens (tertiary/aromatic N) is 1. The molecular formula is C13H17N3O. The fraction of sp³-hybridized carbons (Fsp3) is 0.462. The minimum Gasteiger partial charge on any atom is -0.494 e. The maximum atomic E-state index is 5.31. The molecule has 3 rings (SSSR count). The molecule has 1 aliphatic heterocycles. The van der Waals surface area contributed by atoms with Crippen LogP contribution in [0.25, 0.3) is 11.0 Å². The van der Waals surface area contributed by atoms with Gasteiger partial charge in [-0.3, -0.25) is 0 Å². The highest BCUT2D eigenvalue weighted by molar-refractivity contribution is 5.81. The van der Waals surface area contributed by atoms with Crippen molar-refractivity contribution in [2.75, 3.05) is 13.7 Å². The van der Waals surface area contributed by atoms with E-state index in [1.807, 2.05) is 18.2 Å². The third-order valence-electron chi connectivity index (χ3n) is 3.35. The van der Waals surface area contributed by atoms with Crippen LogP contribution in [0.2, 0.25) is 0 Å². The van der Waals surface area contributed by atoms with E-state index in [9.17, 15) is 0 Å². The molecule has 1 atom stereocenters. The number of hydrogen-bond acceptors (Lipinski definition) is 3. The van der Waals surface area contributed by atoms with Gasteiger partial charge in [0.15, 0.2) is 0 Å². The van der Waals surface area contributed by atoms with Crippen molar-refractivity contribution in [3.8, 4) is 5.75 Å². The largest absolute Gasteiger partial charge is 0.494 e. The average molecular weight is 231 g/mol. The van der Waals surface area contributed by atoms with E-state index in [0.717, 1.165) is 35.6 Å². The Morgan fingerprint density at radius 2 is 2.41 bits per heavy atom. The number of hydrogen-bond donors (Lipinski definition) is 2. The van der Waals surface area contributed by atoms with Crippen LogP contribution in [0.5, 0.6) is 5.75 Å². The molecule has 2 heterocycles. The number of aromatic amines is 1. The summed E-state index contributed by atoms with van der Waals surface area (Å²) in [5, 5.41) is 3.49. The van der Waals surface area contributed by atoms with Crippen LogP contribution >= 0.6 is 0 Å². The number of fused-ring (bicyclic) bond motifs is 1. The molecule has 17 heavy (non-hydrogen) atoms. The van der Waals surface area contributed by atoms with Crippen LogP contribution < -0.4 is 10.1 Å². The third-order valence-corrected chi connectivity index (χ3v) is 3.35. The fourth-order valence-corrected chi connectivity index (χ4v) is 2.48. The molecule has 1 aromatic heterocycles. The standard InChI is InChI=1S/C13H17N3O/c1-17-11-6-2-5-10-13(11)16-12(15-10)8-9-4-3-7-14-9/h2,5-6,9,14H,3-4,7-8H2,1H3,(H,15,16). The maximum absolute atomic E-state index is 5.31. The van der Waals surface area contributed by atoms with Gasteiger partial charge >= 0.3 is 0 Å². The zero-order valence-corrected chi connectivity index (χ0v) is 9.99. The van der Waals surface area contributed by atoms with E-state index in [1.54, 1.807) is 7.11 Å². The van der Waals surface area contributed by atoms with Gasteiger partial charge in [-0.05, 0) is 31.5 Å². The van der Waals surface area contributed by atoms with Gasteiger partial charge in [0.25, 0.3) is 0 Å². The Bertz CT molecular complexity index is 514. The average Bonchev–Trinajstić information content (AvgIpc) is 2.97. The molecule has 1 saturated heterocycles. The number of methoxy groups -OCH3 is 1. The summed E-state index contributed by atoms with van der Waals surface area (Å²) in [6, 6.07) is 6.54. The van der Waals surface area contributed by atoms with Crippen molar-refractivity contribution in [1.29, 1.82) is 0 Å². The molecule has 4 heteroatoms. The van der Waals surface area contributed by atoms with Gasteiger partial charge in [-0.15, -0.1) is 0 Å². The van der Waals surface area contributed by atoms with E-state index in [1.165, 1.54) is 12.8 Å². The Morgan fingerprint density at radius 3 is 3.18 bits per heavy atom. The number of para-hydroxylation sites is 1. The number of imidazole rings is 1. The molecule has 1 aromatic carbocycles. The first kappa shape index (κ1) is 10.6. The van der Waals surface area contributed by atoms with Crippen LogP contribution in [-0.4, -0.2) is 29.7 Å². The smallest absolute Gasteiger partial charge is 0.146 e. The van der Waals surface area contributed by atoms with Gasteiger partial charge in [0.2, 0.25) is 0 Å². The van der Waals surface area contributed by atoms with Crippen molar-refractivity contribution in [1.82, 2.24) is 15.3 Å². The molecule has 2 N–H and O–H groups in total. The lowest BCUT2D eigenvalue weighted by Crippen LogP contribution is -2.24. The minimum absolute atomic E-state index is 0.571. The zero-order valence-electron chi connectivity index (χ0n) is 9.99. The minimum atomic E-state index is 0.571. The predicted octanol–water partition coefficient (Wildman–Crippen LogP) is 1.87. The van der Waals surface area contributed by atoms with Gasteiger partial charge in [0.05, 0.1) is 12.6 Å². The molecule has 1 fully saturated rings. The second-order valence-electron chi connectivity index (χ2n) is 4.54. The molecule has 0 radical (unpaired) electrons. The van der Waals surface area contributed by atoms with E-state index in [0.29, 0.717) is 6.04 Å². The van der Waals surface area contributed by atoms with Crippen molar-refractivity contribution in [2.45, 2.75) is 25.3 Å². The lowest BCUT2D eigenvalue weighted by molar-refractivity contribution is 0.419. The van der Waals surface area contributed by atoms with Crippen molar-refractivity contribution in [3.05, 3.63) is 24.0 Å². The van der Waals surface area contributed by atoms with Crippen LogP contribution in [-0.2, 0) is 6.42 Å². The van der Waals surface area contributed by atoms with Crippen molar-refractivity contribution < 1.29 is 4.74 Å². The highest BCUT2D eigenvalue weighted by atomic mass is 16.5. The fourth-order valence-electron chi connectivity index (χ4n) is 2.48. The summed E-state index contributed by atoms with van der Waals surface area (Å²) in [6.45, 7) is 1.13. The zero-order chi connectivity index (χ0) is 11.7. The Kier molecular flexibility index (Phi) is 2.73. The van der Waals surface area contributed by atoms with Crippen molar-refractivity contribution >= 4 is 11.0 Å². The van der Waals surface area contributed by atoms with Crippen LogP contribution in [0.3, 0.4) is 0 Å². The lowest BCUT2D eigenvalue weighted by Gasteiger charge is -2.06. The summed E-state index contributed by atoms with van der Waals surface area (Å²) < 4.78 is 5.31. The SMILES string of the molecule is COc1cccc2[nH]c(CC3CCCN3)nc12. The normalized spacial score (nSPS) is 19.9. The highest BCUT2D eigenvalue weighted by Gasteiger charge is 2.16. The Balaban J connectivity index is 1.90. The Hall–Kier alpha value is -1.55. The number of rotatable bonds is 3. The molecule has 0 bridgehead atoms. The maximum Gasteiger partial charge on any atom is 0.146 e. The van der Waals surface area contributed by atoms with Crippen LogP contribution in [0.4, 0.5) is 0 Å².